The van der Waals surface area contributed by atoms with Crippen LogP contribution < -0.4 is 10.1 Å². The van der Waals surface area contributed by atoms with Gasteiger partial charge in [0.15, 0.2) is 0 Å². The van der Waals surface area contributed by atoms with Crippen molar-refractivity contribution in [3.8, 4) is 22.7 Å². The number of carbonyl (C=O) groups is 1. The number of ether oxygens (including phenoxy) is 1. The fraction of sp³-hybridized carbons (Fsp3) is 0.238. The third-order valence-corrected chi connectivity index (χ3v) is 4.10. The largest absolute Gasteiger partial charge is 0.497 e. The highest BCUT2D eigenvalue weighted by atomic mass is 16.6. The van der Waals surface area contributed by atoms with Crippen molar-refractivity contribution < 1.29 is 14.5 Å². The molecule has 29 heavy (non-hydrogen) atoms. The Kier molecular flexibility index (Phi) is 5.36. The quantitative estimate of drug-likeness (QED) is 0.521. The Labute approximate surface area is 168 Å². The first-order valence-electron chi connectivity index (χ1n) is 9.00. The van der Waals surface area contributed by atoms with E-state index in [-0.39, 0.29) is 17.3 Å². The second-order valence-electron chi connectivity index (χ2n) is 7.54. The molecule has 0 aliphatic heterocycles. The summed E-state index contributed by atoms with van der Waals surface area (Å²) in [6, 6.07) is 15.0. The lowest BCUT2D eigenvalue weighted by atomic mass is 10.1. The van der Waals surface area contributed by atoms with Crippen LogP contribution in [0.2, 0.25) is 0 Å². The second-order valence-corrected chi connectivity index (χ2v) is 7.54. The summed E-state index contributed by atoms with van der Waals surface area (Å²) in [6.07, 6.45) is 0. The van der Waals surface area contributed by atoms with Gasteiger partial charge in [-0.25, -0.2) is 4.68 Å². The minimum Gasteiger partial charge on any atom is -0.497 e. The highest BCUT2D eigenvalue weighted by Gasteiger charge is 2.22. The summed E-state index contributed by atoms with van der Waals surface area (Å²) in [5, 5.41) is 18.6. The standard InChI is InChI=1S/C21H22N4O4/c1-21(2,3)22-20(26)19-13-18(14-8-10-17(29-4)11-9-14)23-24(19)15-6-5-7-16(12-15)25(27)28/h5-13H,1-4H3,(H,22,26). The molecule has 0 saturated carbocycles. The Hall–Kier alpha value is -3.68. The molecule has 0 radical (unpaired) electrons. The molecule has 2 aromatic carbocycles. The van der Waals surface area contributed by atoms with Gasteiger partial charge in [0.2, 0.25) is 0 Å². The molecule has 0 spiro atoms. The maximum absolute atomic E-state index is 12.9. The number of hydrogen-bond donors (Lipinski definition) is 1. The van der Waals surface area contributed by atoms with E-state index >= 15 is 0 Å². The normalized spacial score (nSPS) is 11.2. The van der Waals surface area contributed by atoms with Gasteiger partial charge in [0.25, 0.3) is 11.6 Å². The van der Waals surface area contributed by atoms with Crippen LogP contribution in [0.5, 0.6) is 5.75 Å². The number of aromatic nitrogens is 2. The summed E-state index contributed by atoms with van der Waals surface area (Å²) in [5.41, 5.74) is 1.54. The Morgan fingerprint density at radius 3 is 2.41 bits per heavy atom. The third-order valence-electron chi connectivity index (χ3n) is 4.10. The van der Waals surface area contributed by atoms with Gasteiger partial charge >= 0.3 is 0 Å². The zero-order valence-electron chi connectivity index (χ0n) is 16.7. The first kappa shape index (κ1) is 20.1. The van der Waals surface area contributed by atoms with E-state index in [1.165, 1.54) is 16.8 Å². The Morgan fingerprint density at radius 2 is 1.83 bits per heavy atom. The molecule has 150 valence electrons. The lowest BCUT2D eigenvalue weighted by Gasteiger charge is -2.20. The molecule has 1 amide bonds. The van der Waals surface area contributed by atoms with Crippen LogP contribution in [0, 0.1) is 10.1 Å². The Bertz CT molecular complexity index is 1050. The van der Waals surface area contributed by atoms with E-state index < -0.39 is 10.5 Å². The molecular formula is C21H22N4O4. The molecule has 0 bridgehead atoms. The van der Waals surface area contributed by atoms with Crippen molar-refractivity contribution in [1.29, 1.82) is 0 Å². The molecule has 0 saturated heterocycles. The number of nitrogens with zero attached hydrogens (tertiary/aromatic N) is 3. The van der Waals surface area contributed by atoms with Crippen molar-refractivity contribution in [2.45, 2.75) is 26.3 Å². The molecule has 0 atom stereocenters. The molecule has 1 aromatic heterocycles. The first-order valence-corrected chi connectivity index (χ1v) is 9.00. The van der Waals surface area contributed by atoms with E-state index in [4.69, 9.17) is 4.74 Å². The van der Waals surface area contributed by atoms with Crippen LogP contribution in [0.25, 0.3) is 16.9 Å². The number of methoxy groups -OCH3 is 1. The number of rotatable bonds is 5. The Balaban J connectivity index is 2.11. The molecule has 0 aliphatic carbocycles. The zero-order chi connectivity index (χ0) is 21.2. The zero-order valence-corrected chi connectivity index (χ0v) is 16.7. The summed E-state index contributed by atoms with van der Waals surface area (Å²) in [7, 11) is 1.58. The van der Waals surface area contributed by atoms with E-state index in [0.29, 0.717) is 17.1 Å². The molecule has 0 unspecified atom stereocenters. The highest BCUT2D eigenvalue weighted by molar-refractivity contribution is 5.94. The molecule has 8 heteroatoms. The molecule has 1 N–H and O–H groups in total. The van der Waals surface area contributed by atoms with E-state index in [0.717, 1.165) is 5.56 Å². The number of hydrogen-bond acceptors (Lipinski definition) is 5. The van der Waals surface area contributed by atoms with Gasteiger partial charge in [0.05, 0.1) is 23.4 Å². The van der Waals surface area contributed by atoms with Gasteiger partial charge < -0.3 is 10.1 Å². The van der Waals surface area contributed by atoms with Crippen LogP contribution in [0.4, 0.5) is 5.69 Å². The summed E-state index contributed by atoms with van der Waals surface area (Å²) in [5.74, 6) is 0.383. The second kappa shape index (κ2) is 7.75. The fourth-order valence-electron chi connectivity index (χ4n) is 2.79. The van der Waals surface area contributed by atoms with Gasteiger partial charge in [0.1, 0.15) is 11.4 Å². The highest BCUT2D eigenvalue weighted by Crippen LogP contribution is 2.25. The smallest absolute Gasteiger partial charge is 0.271 e. The summed E-state index contributed by atoms with van der Waals surface area (Å²) in [6.45, 7) is 5.63. The number of nitrogens with one attached hydrogen (secondary N) is 1. The van der Waals surface area contributed by atoms with Crippen molar-refractivity contribution in [3.63, 3.8) is 0 Å². The van der Waals surface area contributed by atoms with Crippen LogP contribution in [-0.2, 0) is 0 Å². The van der Waals surface area contributed by atoms with Crippen molar-refractivity contribution in [2.75, 3.05) is 7.11 Å². The Morgan fingerprint density at radius 1 is 1.14 bits per heavy atom. The SMILES string of the molecule is COc1ccc(-c2cc(C(=O)NC(C)(C)C)n(-c3cccc([N+](=O)[O-])c3)n2)cc1. The molecule has 0 aliphatic rings. The molecule has 8 nitrogen and oxygen atoms in total. The third kappa shape index (κ3) is 4.60. The van der Waals surface area contributed by atoms with Crippen molar-refractivity contribution in [2.24, 2.45) is 0 Å². The van der Waals surface area contributed by atoms with Crippen LogP contribution in [0.1, 0.15) is 31.3 Å². The lowest BCUT2D eigenvalue weighted by molar-refractivity contribution is -0.384. The van der Waals surface area contributed by atoms with Gasteiger partial charge in [-0.2, -0.15) is 5.10 Å². The van der Waals surface area contributed by atoms with Crippen molar-refractivity contribution in [1.82, 2.24) is 15.1 Å². The van der Waals surface area contributed by atoms with E-state index in [2.05, 4.69) is 10.4 Å². The van der Waals surface area contributed by atoms with Crippen LogP contribution in [0.3, 0.4) is 0 Å². The molecule has 3 aromatic rings. The van der Waals surface area contributed by atoms with Gasteiger partial charge in [-0.05, 0) is 57.2 Å². The predicted octanol–water partition coefficient (Wildman–Crippen LogP) is 3.98. The maximum Gasteiger partial charge on any atom is 0.271 e. The fourth-order valence-corrected chi connectivity index (χ4v) is 2.79. The monoisotopic (exact) mass is 394 g/mol. The molecule has 1 heterocycles. The van der Waals surface area contributed by atoms with Crippen LogP contribution >= 0.6 is 0 Å². The molecule has 3 rings (SSSR count). The number of benzene rings is 2. The minimum absolute atomic E-state index is 0.0776. The number of nitro benzene ring substituents is 1. The van der Waals surface area contributed by atoms with Crippen molar-refractivity contribution in [3.05, 3.63) is 70.4 Å². The topological polar surface area (TPSA) is 99.3 Å². The number of amides is 1. The van der Waals surface area contributed by atoms with Gasteiger partial charge in [-0.3, -0.25) is 14.9 Å². The van der Waals surface area contributed by atoms with E-state index in [1.807, 2.05) is 32.9 Å². The summed E-state index contributed by atoms with van der Waals surface area (Å²) >= 11 is 0. The molecule has 0 fully saturated rings. The lowest BCUT2D eigenvalue weighted by Crippen LogP contribution is -2.41. The number of non-ortho nitro benzene ring substituents is 1. The van der Waals surface area contributed by atoms with Crippen LogP contribution in [0.15, 0.2) is 54.6 Å². The van der Waals surface area contributed by atoms with Gasteiger partial charge in [-0.15, -0.1) is 0 Å². The summed E-state index contributed by atoms with van der Waals surface area (Å²) < 4.78 is 6.60. The average Bonchev–Trinajstić information content (AvgIpc) is 3.12. The predicted molar refractivity (Wildman–Crippen MR) is 109 cm³/mol. The number of nitro groups is 1. The molecular weight excluding hydrogens is 372 g/mol. The van der Waals surface area contributed by atoms with Gasteiger partial charge in [-0.1, -0.05) is 6.07 Å². The minimum atomic E-state index is -0.480. The average molecular weight is 394 g/mol. The summed E-state index contributed by atoms with van der Waals surface area (Å²) in [4.78, 5) is 23.6. The van der Waals surface area contributed by atoms with Gasteiger partial charge in [0, 0.05) is 23.2 Å². The first-order chi connectivity index (χ1) is 13.7. The number of carbonyl (C=O) groups excluding carboxylic acids is 1. The van der Waals surface area contributed by atoms with Crippen molar-refractivity contribution >= 4 is 11.6 Å². The van der Waals surface area contributed by atoms with E-state index in [9.17, 15) is 14.9 Å². The van der Waals surface area contributed by atoms with E-state index in [1.54, 1.807) is 37.4 Å². The maximum atomic E-state index is 12.9. The van der Waals surface area contributed by atoms with Crippen LogP contribution in [-0.4, -0.2) is 33.3 Å².